The van der Waals surface area contributed by atoms with Crippen LogP contribution < -0.4 is 0 Å². The van der Waals surface area contributed by atoms with Gasteiger partial charge < -0.3 is 5.11 Å². The second-order valence-electron chi connectivity index (χ2n) is 8.08. The van der Waals surface area contributed by atoms with E-state index in [1.807, 2.05) is 6.21 Å². The van der Waals surface area contributed by atoms with Crippen molar-refractivity contribution in [3.8, 4) is 5.75 Å². The molecule has 5 heteroatoms. The Balaban J connectivity index is 0.000000701. The Morgan fingerprint density at radius 1 is 1.28 bits per heavy atom. The van der Waals surface area contributed by atoms with E-state index in [9.17, 15) is 5.11 Å². The fourth-order valence-corrected chi connectivity index (χ4v) is 4.18. The number of aliphatic imine (C=N–C) groups is 1. The van der Waals surface area contributed by atoms with Gasteiger partial charge in [-0.15, -0.1) is 0 Å². The van der Waals surface area contributed by atoms with E-state index in [-0.39, 0.29) is 5.41 Å². The van der Waals surface area contributed by atoms with Crippen LogP contribution in [0, 0.1) is 18.8 Å². The van der Waals surface area contributed by atoms with Crippen LogP contribution in [-0.4, -0.2) is 17.4 Å². The third-order valence-electron chi connectivity index (χ3n) is 6.00. The number of hydrogen-bond acceptors (Lipinski definition) is 2. The summed E-state index contributed by atoms with van der Waals surface area (Å²) in [6.07, 6.45) is 8.31. The zero-order valence-electron chi connectivity index (χ0n) is 15.6. The Morgan fingerprint density at radius 3 is 2.48 bits per heavy atom. The molecule has 2 aliphatic rings. The van der Waals surface area contributed by atoms with Crippen LogP contribution in [-0.2, 0) is 26.3 Å². The molecule has 3 rings (SSSR count). The molecule has 0 radical (unpaired) electrons. The van der Waals surface area contributed by atoms with Gasteiger partial charge in [0, 0.05) is 17.3 Å². The molecule has 1 aromatic carbocycles. The van der Waals surface area contributed by atoms with Crippen molar-refractivity contribution in [1.29, 1.82) is 0 Å². The summed E-state index contributed by atoms with van der Waals surface area (Å²) in [5.74, 6) is 2.12. The fraction of sp³-hybridized carbons (Fsp3) is 0.650. The standard InChI is InChI=1S/C20H29NO.2ClH.Zr/c1-5-20(3,4)17-9-13(2)8-16(19(17)22)12-21-18-11-14-6-7-15(18)10-14;;;/h8-9,12,14-15,18,22H,5-7,10-11H2,1-4H3;2*1H;/q;;;+2/p-2. The molecule has 2 bridgehead atoms. The van der Waals surface area contributed by atoms with E-state index in [2.05, 4.69) is 39.8 Å². The van der Waals surface area contributed by atoms with Crippen LogP contribution in [0.4, 0.5) is 0 Å². The van der Waals surface area contributed by atoms with E-state index >= 15 is 0 Å². The van der Waals surface area contributed by atoms with E-state index in [4.69, 9.17) is 22.0 Å². The van der Waals surface area contributed by atoms with Gasteiger partial charge in [-0.3, -0.25) is 4.99 Å². The molecule has 0 aliphatic heterocycles. The van der Waals surface area contributed by atoms with Crippen molar-refractivity contribution >= 4 is 23.2 Å². The van der Waals surface area contributed by atoms with Crippen molar-refractivity contribution in [2.45, 2.75) is 71.3 Å². The Morgan fingerprint density at radius 2 is 1.96 bits per heavy atom. The molecule has 25 heavy (non-hydrogen) atoms. The zero-order valence-corrected chi connectivity index (χ0v) is 19.6. The van der Waals surface area contributed by atoms with Crippen LogP contribution >= 0.6 is 17.0 Å². The molecule has 0 saturated heterocycles. The Bertz CT molecular complexity index is 618. The quantitative estimate of drug-likeness (QED) is 0.519. The number of aromatic hydroxyl groups is 1. The normalized spacial score (nSPS) is 25.1. The maximum atomic E-state index is 10.7. The Hall–Kier alpha value is 0.153. The van der Waals surface area contributed by atoms with Gasteiger partial charge in [0.2, 0.25) is 0 Å². The van der Waals surface area contributed by atoms with Crippen molar-refractivity contribution in [2.24, 2.45) is 16.8 Å². The monoisotopic (exact) mass is 459 g/mol. The number of hydrogen-bond donors (Lipinski definition) is 1. The molecule has 138 valence electrons. The van der Waals surface area contributed by atoms with Gasteiger partial charge in [0.25, 0.3) is 0 Å². The molecule has 1 N–H and O–H groups in total. The summed E-state index contributed by atoms with van der Waals surface area (Å²) in [6.45, 7) is 8.66. The van der Waals surface area contributed by atoms with Gasteiger partial charge in [-0.25, -0.2) is 0 Å². The molecule has 3 atom stereocenters. The van der Waals surface area contributed by atoms with Gasteiger partial charge in [0.1, 0.15) is 5.75 Å². The van der Waals surface area contributed by atoms with Gasteiger partial charge in [-0.05, 0) is 61.5 Å². The number of fused-ring (bicyclic) bond motifs is 2. The molecule has 2 nitrogen and oxygen atoms in total. The van der Waals surface area contributed by atoms with E-state index in [1.54, 1.807) is 0 Å². The average molecular weight is 462 g/mol. The second kappa shape index (κ2) is 9.38. The average Bonchev–Trinajstić information content (AvgIpc) is 3.19. The van der Waals surface area contributed by atoms with Crippen LogP contribution in [0.3, 0.4) is 0 Å². The summed E-state index contributed by atoms with van der Waals surface area (Å²) < 4.78 is 0. The van der Waals surface area contributed by atoms with Gasteiger partial charge in [0.15, 0.2) is 0 Å². The summed E-state index contributed by atoms with van der Waals surface area (Å²) in [6, 6.07) is 4.66. The van der Waals surface area contributed by atoms with Crippen molar-refractivity contribution in [3.05, 3.63) is 28.8 Å². The minimum atomic E-state index is -0.826. The topological polar surface area (TPSA) is 32.6 Å². The molecule has 1 aromatic rings. The Kier molecular flexibility index (Phi) is 8.05. The number of phenols is 1. The van der Waals surface area contributed by atoms with E-state index < -0.39 is 20.8 Å². The summed E-state index contributed by atoms with van der Waals surface area (Å²) in [5.41, 5.74) is 3.12. The van der Waals surface area contributed by atoms with Gasteiger partial charge >= 0.3 is 37.9 Å². The van der Waals surface area contributed by atoms with E-state index in [1.165, 1.54) is 31.2 Å². The SMILES string of the molecule is CCC(C)(C)c1cc(C)cc(C=NC2CC3CCC2C3)c1O.[Cl][Zr][Cl]. The van der Waals surface area contributed by atoms with Crippen molar-refractivity contribution in [3.63, 3.8) is 0 Å². The number of nitrogens with zero attached hydrogens (tertiary/aromatic N) is 1. The number of rotatable bonds is 4. The number of phenolic OH excluding ortho intramolecular Hbond substituents is 1. The Labute approximate surface area is 171 Å². The van der Waals surface area contributed by atoms with Gasteiger partial charge in [-0.1, -0.05) is 33.3 Å². The molecular weight excluding hydrogens is 432 g/mol. The van der Waals surface area contributed by atoms with Crippen LogP contribution in [0.5, 0.6) is 5.75 Å². The van der Waals surface area contributed by atoms with Gasteiger partial charge in [-0.2, -0.15) is 0 Å². The second-order valence-corrected chi connectivity index (χ2v) is 11.8. The molecule has 2 fully saturated rings. The van der Waals surface area contributed by atoms with Crippen LogP contribution in [0.25, 0.3) is 0 Å². The number of halogens is 2. The van der Waals surface area contributed by atoms with E-state index in [0.717, 1.165) is 29.4 Å². The molecule has 0 heterocycles. The first-order valence-corrected chi connectivity index (χ1v) is 15.5. The number of aryl methyl sites for hydroxylation is 1. The summed E-state index contributed by atoms with van der Waals surface area (Å²) in [7, 11) is 9.87. The fourth-order valence-electron chi connectivity index (χ4n) is 4.18. The molecule has 2 aliphatic carbocycles. The van der Waals surface area contributed by atoms with Crippen LogP contribution in [0.2, 0.25) is 0 Å². The first-order valence-electron chi connectivity index (χ1n) is 9.15. The van der Waals surface area contributed by atoms with Gasteiger partial charge in [0.05, 0.1) is 6.04 Å². The minimum absolute atomic E-state index is 0.00881. The molecule has 3 unspecified atom stereocenters. The summed E-state index contributed by atoms with van der Waals surface area (Å²) in [5, 5.41) is 10.7. The summed E-state index contributed by atoms with van der Waals surface area (Å²) in [4.78, 5) is 4.84. The van der Waals surface area contributed by atoms with Crippen molar-refractivity contribution in [1.82, 2.24) is 0 Å². The molecule has 2 saturated carbocycles. The predicted octanol–water partition coefficient (Wildman–Crippen LogP) is 6.37. The van der Waals surface area contributed by atoms with Crippen LogP contribution in [0.15, 0.2) is 17.1 Å². The predicted molar refractivity (Wildman–Crippen MR) is 105 cm³/mol. The molecular formula is C20H29Cl2NOZr. The zero-order chi connectivity index (χ0) is 18.6. The first-order chi connectivity index (χ1) is 11.8. The number of benzene rings is 1. The van der Waals surface area contributed by atoms with Crippen molar-refractivity contribution in [2.75, 3.05) is 0 Å². The molecule has 0 aromatic heterocycles. The molecule has 0 amide bonds. The van der Waals surface area contributed by atoms with Crippen molar-refractivity contribution < 1.29 is 26.0 Å². The summed E-state index contributed by atoms with van der Waals surface area (Å²) >= 11 is -0.826. The maximum absolute atomic E-state index is 10.7. The van der Waals surface area contributed by atoms with Crippen LogP contribution in [0.1, 0.15) is 69.6 Å². The third-order valence-corrected chi connectivity index (χ3v) is 6.00. The first kappa shape index (κ1) is 21.5. The third kappa shape index (κ3) is 5.33. The van der Waals surface area contributed by atoms with E-state index in [0.29, 0.717) is 11.8 Å². The molecule has 0 spiro atoms.